The van der Waals surface area contributed by atoms with Crippen molar-refractivity contribution in [1.82, 2.24) is 10.2 Å². The van der Waals surface area contributed by atoms with Crippen LogP contribution < -0.4 is 5.32 Å². The van der Waals surface area contributed by atoms with Crippen molar-refractivity contribution in [3.63, 3.8) is 0 Å². The van der Waals surface area contributed by atoms with E-state index in [2.05, 4.69) is 17.9 Å². The topological polar surface area (TPSA) is 49.4 Å². The molecule has 1 heterocycles. The summed E-state index contributed by atoms with van der Waals surface area (Å²) in [7, 11) is 0. The highest BCUT2D eigenvalue weighted by Crippen LogP contribution is 2.33. The van der Waals surface area contributed by atoms with Crippen LogP contribution in [0.4, 0.5) is 13.2 Å². The molecule has 0 spiro atoms. The van der Waals surface area contributed by atoms with Gasteiger partial charge < -0.3 is 10.2 Å². The Kier molecular flexibility index (Phi) is 5.30. The van der Waals surface area contributed by atoms with E-state index in [1.54, 1.807) is 0 Å². The Morgan fingerprint density at radius 2 is 2.17 bits per heavy atom. The van der Waals surface area contributed by atoms with E-state index in [-0.39, 0.29) is 19.4 Å². The maximum Gasteiger partial charge on any atom is 0.393 e. The molecular formula is C10H15F3N2O2S. The van der Waals surface area contributed by atoms with E-state index >= 15 is 0 Å². The number of carbonyl (C=O) groups is 2. The first-order valence-corrected chi connectivity index (χ1v) is 6.20. The quantitative estimate of drug-likeness (QED) is 0.751. The summed E-state index contributed by atoms with van der Waals surface area (Å²) < 4.78 is 37.6. The standard InChI is InChI=1S/C10H15F3N2O2S/c11-10(12,13)7-1-2-9(17)15(5-7)6-8(16)14-3-4-18/h7,18H,1-6H2,(H,14,16). The molecule has 0 aromatic rings. The minimum Gasteiger partial charge on any atom is -0.354 e. The molecule has 1 aliphatic rings. The smallest absolute Gasteiger partial charge is 0.354 e. The predicted octanol–water partition coefficient (Wildman–Crippen LogP) is 0.833. The molecule has 1 fully saturated rings. The first-order chi connectivity index (χ1) is 8.34. The molecule has 0 aromatic carbocycles. The Morgan fingerprint density at radius 1 is 1.50 bits per heavy atom. The second kappa shape index (κ2) is 6.31. The highest BCUT2D eigenvalue weighted by atomic mass is 32.1. The van der Waals surface area contributed by atoms with Crippen molar-refractivity contribution in [2.24, 2.45) is 5.92 Å². The molecule has 0 aliphatic carbocycles. The molecule has 1 atom stereocenters. The maximum absolute atomic E-state index is 12.5. The number of halogens is 3. The number of nitrogens with zero attached hydrogens (tertiary/aromatic N) is 1. The van der Waals surface area contributed by atoms with E-state index in [9.17, 15) is 22.8 Å². The number of hydrogen-bond donors (Lipinski definition) is 2. The summed E-state index contributed by atoms with van der Waals surface area (Å²) in [5.41, 5.74) is 0. The van der Waals surface area contributed by atoms with E-state index in [1.807, 2.05) is 0 Å². The van der Waals surface area contributed by atoms with Gasteiger partial charge in [-0.25, -0.2) is 0 Å². The highest BCUT2D eigenvalue weighted by molar-refractivity contribution is 7.80. The molecule has 1 saturated heterocycles. The molecule has 0 saturated carbocycles. The predicted molar refractivity (Wildman–Crippen MR) is 62.2 cm³/mol. The molecule has 0 bridgehead atoms. The molecule has 1 aliphatic heterocycles. The Bertz CT molecular complexity index is 323. The van der Waals surface area contributed by atoms with Gasteiger partial charge in [-0.3, -0.25) is 9.59 Å². The first-order valence-electron chi connectivity index (χ1n) is 5.56. The van der Waals surface area contributed by atoms with Crippen LogP contribution in [0.5, 0.6) is 0 Å². The zero-order chi connectivity index (χ0) is 13.8. The second-order valence-electron chi connectivity index (χ2n) is 4.13. The van der Waals surface area contributed by atoms with Crippen LogP contribution >= 0.6 is 12.6 Å². The van der Waals surface area contributed by atoms with Crippen molar-refractivity contribution in [2.45, 2.75) is 19.0 Å². The van der Waals surface area contributed by atoms with Gasteiger partial charge in [-0.05, 0) is 6.42 Å². The largest absolute Gasteiger partial charge is 0.393 e. The van der Waals surface area contributed by atoms with Gasteiger partial charge in [-0.15, -0.1) is 0 Å². The zero-order valence-corrected chi connectivity index (χ0v) is 10.6. The van der Waals surface area contributed by atoms with Crippen LogP contribution in [0.15, 0.2) is 0 Å². The fraction of sp³-hybridized carbons (Fsp3) is 0.800. The molecule has 1 N–H and O–H groups in total. The Balaban J connectivity index is 2.52. The van der Waals surface area contributed by atoms with Crippen LogP contribution in [0.2, 0.25) is 0 Å². The molecule has 18 heavy (non-hydrogen) atoms. The number of likely N-dealkylation sites (tertiary alicyclic amines) is 1. The molecular weight excluding hydrogens is 269 g/mol. The van der Waals surface area contributed by atoms with Crippen molar-refractivity contribution in [3.8, 4) is 0 Å². The second-order valence-corrected chi connectivity index (χ2v) is 4.57. The number of hydrogen-bond acceptors (Lipinski definition) is 3. The van der Waals surface area contributed by atoms with E-state index in [0.717, 1.165) is 4.90 Å². The van der Waals surface area contributed by atoms with Gasteiger partial charge in [-0.1, -0.05) is 0 Å². The number of nitrogens with one attached hydrogen (secondary N) is 1. The first kappa shape index (κ1) is 15.1. The molecule has 1 rings (SSSR count). The number of carbonyl (C=O) groups excluding carboxylic acids is 2. The normalized spacial score (nSPS) is 21.0. The number of alkyl halides is 3. The average Bonchev–Trinajstić information content (AvgIpc) is 2.28. The fourth-order valence-electron chi connectivity index (χ4n) is 1.76. The molecule has 4 nitrogen and oxygen atoms in total. The Morgan fingerprint density at radius 3 is 2.72 bits per heavy atom. The minimum atomic E-state index is -4.32. The van der Waals surface area contributed by atoms with Gasteiger partial charge in [0, 0.05) is 25.3 Å². The van der Waals surface area contributed by atoms with Crippen LogP contribution in [-0.2, 0) is 9.59 Å². The third-order valence-corrected chi connectivity index (χ3v) is 2.96. The molecule has 0 aromatic heterocycles. The van der Waals surface area contributed by atoms with E-state index in [0.29, 0.717) is 12.3 Å². The van der Waals surface area contributed by atoms with Gasteiger partial charge >= 0.3 is 6.18 Å². The Labute approximate surface area is 108 Å². The molecule has 104 valence electrons. The van der Waals surface area contributed by atoms with Crippen molar-refractivity contribution in [2.75, 3.05) is 25.4 Å². The highest BCUT2D eigenvalue weighted by Gasteiger charge is 2.43. The van der Waals surface area contributed by atoms with Crippen molar-refractivity contribution in [3.05, 3.63) is 0 Å². The minimum absolute atomic E-state index is 0.163. The molecule has 8 heteroatoms. The monoisotopic (exact) mass is 284 g/mol. The van der Waals surface area contributed by atoms with Crippen LogP contribution in [0, 0.1) is 5.92 Å². The van der Waals surface area contributed by atoms with E-state index in [1.165, 1.54) is 0 Å². The summed E-state index contributed by atoms with van der Waals surface area (Å²) in [4.78, 5) is 23.8. The zero-order valence-electron chi connectivity index (χ0n) is 9.66. The van der Waals surface area contributed by atoms with E-state index in [4.69, 9.17) is 0 Å². The molecule has 1 unspecified atom stereocenters. The van der Waals surface area contributed by atoms with Crippen LogP contribution in [0.25, 0.3) is 0 Å². The summed E-state index contributed by atoms with van der Waals surface area (Å²) >= 11 is 3.89. The maximum atomic E-state index is 12.5. The fourth-order valence-corrected chi connectivity index (χ4v) is 1.87. The number of amides is 2. The van der Waals surface area contributed by atoms with Crippen molar-refractivity contribution in [1.29, 1.82) is 0 Å². The van der Waals surface area contributed by atoms with Gasteiger partial charge in [0.25, 0.3) is 0 Å². The third-order valence-electron chi connectivity index (χ3n) is 2.73. The van der Waals surface area contributed by atoms with Gasteiger partial charge in [0.1, 0.15) is 0 Å². The Hall–Kier alpha value is -0.920. The van der Waals surface area contributed by atoms with Gasteiger partial charge in [-0.2, -0.15) is 25.8 Å². The lowest BCUT2D eigenvalue weighted by molar-refractivity contribution is -0.189. The summed E-state index contributed by atoms with van der Waals surface area (Å²) in [5, 5.41) is 2.46. The lowest BCUT2D eigenvalue weighted by Crippen LogP contribution is -2.48. The summed E-state index contributed by atoms with van der Waals surface area (Å²) in [6.07, 6.45) is -4.68. The summed E-state index contributed by atoms with van der Waals surface area (Å²) in [6, 6.07) is 0. The van der Waals surface area contributed by atoms with Crippen LogP contribution in [-0.4, -0.2) is 48.3 Å². The van der Waals surface area contributed by atoms with Gasteiger partial charge in [0.15, 0.2) is 0 Å². The van der Waals surface area contributed by atoms with Crippen LogP contribution in [0.1, 0.15) is 12.8 Å². The van der Waals surface area contributed by atoms with Crippen molar-refractivity contribution >= 4 is 24.4 Å². The van der Waals surface area contributed by atoms with Gasteiger partial charge in [0.2, 0.25) is 11.8 Å². The number of rotatable bonds is 4. The van der Waals surface area contributed by atoms with Crippen molar-refractivity contribution < 1.29 is 22.8 Å². The average molecular weight is 284 g/mol. The lowest BCUT2D eigenvalue weighted by atomic mass is 9.97. The van der Waals surface area contributed by atoms with E-state index < -0.39 is 30.5 Å². The van der Waals surface area contributed by atoms with Crippen LogP contribution in [0.3, 0.4) is 0 Å². The summed E-state index contributed by atoms with van der Waals surface area (Å²) in [6.45, 7) is -0.428. The summed E-state index contributed by atoms with van der Waals surface area (Å²) in [5.74, 6) is -1.96. The lowest BCUT2D eigenvalue weighted by Gasteiger charge is -2.33. The third kappa shape index (κ3) is 4.40. The molecule has 2 amide bonds. The SMILES string of the molecule is O=C(CN1CC(C(F)(F)F)CCC1=O)NCCS. The number of piperidine rings is 1. The number of thiol groups is 1. The molecule has 0 radical (unpaired) electrons. The van der Waals surface area contributed by atoms with Gasteiger partial charge in [0.05, 0.1) is 12.5 Å².